The summed E-state index contributed by atoms with van der Waals surface area (Å²) in [5.41, 5.74) is 0.346. The van der Waals surface area contributed by atoms with E-state index < -0.39 is 5.92 Å². The fourth-order valence-electron chi connectivity index (χ4n) is 5.08. The summed E-state index contributed by atoms with van der Waals surface area (Å²) in [7, 11) is 3.06. The molecule has 1 atom stereocenters. The molecule has 0 aliphatic heterocycles. The SMILES string of the molecule is CCCCCCCCCCCCOC(=O)C(C(=O)c1c(OC)cccc1OC)C1CCCCC1. The van der Waals surface area contributed by atoms with Gasteiger partial charge >= 0.3 is 5.97 Å². The molecule has 1 aromatic rings. The highest BCUT2D eigenvalue weighted by Crippen LogP contribution is 2.37. The maximum Gasteiger partial charge on any atom is 0.317 e. The molecule has 1 aliphatic carbocycles. The Morgan fingerprint density at radius 2 is 1.35 bits per heavy atom. The normalized spacial score (nSPS) is 15.0. The first-order valence-electron chi connectivity index (χ1n) is 13.6. The Morgan fingerprint density at radius 1 is 0.824 bits per heavy atom. The Balaban J connectivity index is 1.90. The molecule has 0 spiro atoms. The van der Waals surface area contributed by atoms with Gasteiger partial charge in [0.05, 0.1) is 20.8 Å². The maximum absolute atomic E-state index is 13.7. The van der Waals surface area contributed by atoms with Crippen LogP contribution in [0.3, 0.4) is 0 Å². The first-order valence-corrected chi connectivity index (χ1v) is 13.6. The van der Waals surface area contributed by atoms with Crippen LogP contribution >= 0.6 is 0 Å². The van der Waals surface area contributed by atoms with Crippen molar-refractivity contribution in [2.75, 3.05) is 20.8 Å². The third-order valence-corrected chi connectivity index (χ3v) is 7.07. The molecule has 1 aromatic carbocycles. The van der Waals surface area contributed by atoms with Gasteiger partial charge in [-0.1, -0.05) is 90.0 Å². The summed E-state index contributed by atoms with van der Waals surface area (Å²) in [5.74, 6) is -0.542. The van der Waals surface area contributed by atoms with Crippen LogP contribution < -0.4 is 9.47 Å². The Hall–Kier alpha value is -2.04. The number of benzene rings is 1. The molecule has 0 aromatic heterocycles. The number of rotatable bonds is 17. The molecule has 0 N–H and O–H groups in total. The summed E-state index contributed by atoms with van der Waals surface area (Å²) in [4.78, 5) is 26.9. The monoisotopic (exact) mass is 474 g/mol. The fourth-order valence-corrected chi connectivity index (χ4v) is 5.08. The highest BCUT2D eigenvalue weighted by Gasteiger charge is 2.39. The number of esters is 1. The molecule has 0 bridgehead atoms. The smallest absolute Gasteiger partial charge is 0.317 e. The van der Waals surface area contributed by atoms with Gasteiger partial charge in [-0.15, -0.1) is 0 Å². The predicted octanol–water partition coefficient (Wildman–Crippen LogP) is 7.55. The van der Waals surface area contributed by atoms with E-state index in [1.54, 1.807) is 18.2 Å². The van der Waals surface area contributed by atoms with E-state index in [0.717, 1.165) is 44.9 Å². The lowest BCUT2D eigenvalue weighted by molar-refractivity contribution is -0.149. The third-order valence-electron chi connectivity index (χ3n) is 7.07. The molecule has 192 valence electrons. The Bertz CT molecular complexity index is 701. The molecule has 5 nitrogen and oxygen atoms in total. The van der Waals surface area contributed by atoms with E-state index in [4.69, 9.17) is 14.2 Å². The molecule has 0 saturated heterocycles. The number of hydrogen-bond donors (Lipinski definition) is 0. The number of hydrogen-bond acceptors (Lipinski definition) is 5. The molecule has 1 unspecified atom stereocenters. The average molecular weight is 475 g/mol. The van der Waals surface area contributed by atoms with Crippen LogP contribution in [0.5, 0.6) is 11.5 Å². The van der Waals surface area contributed by atoms with Gasteiger partial charge in [-0.25, -0.2) is 0 Å². The highest BCUT2D eigenvalue weighted by atomic mass is 16.5. The molecular formula is C29H46O5. The van der Waals surface area contributed by atoms with Crippen molar-refractivity contribution in [3.05, 3.63) is 23.8 Å². The van der Waals surface area contributed by atoms with Gasteiger partial charge < -0.3 is 14.2 Å². The van der Waals surface area contributed by atoms with Crippen LogP contribution in [-0.4, -0.2) is 32.6 Å². The predicted molar refractivity (Wildman–Crippen MR) is 137 cm³/mol. The van der Waals surface area contributed by atoms with Crippen molar-refractivity contribution in [2.24, 2.45) is 11.8 Å². The Labute approximate surface area is 206 Å². The summed E-state index contributed by atoms with van der Waals surface area (Å²) < 4.78 is 16.6. The van der Waals surface area contributed by atoms with E-state index in [1.165, 1.54) is 65.6 Å². The molecule has 0 amide bonds. The van der Waals surface area contributed by atoms with Crippen molar-refractivity contribution in [1.82, 2.24) is 0 Å². The first kappa shape index (κ1) is 28.2. The molecule has 1 fully saturated rings. The van der Waals surface area contributed by atoms with Crippen molar-refractivity contribution >= 4 is 11.8 Å². The van der Waals surface area contributed by atoms with Crippen LogP contribution in [0.15, 0.2) is 18.2 Å². The van der Waals surface area contributed by atoms with E-state index in [2.05, 4.69) is 6.92 Å². The number of ketones is 1. The van der Waals surface area contributed by atoms with Crippen LogP contribution in [0.4, 0.5) is 0 Å². The summed E-state index contributed by atoms with van der Waals surface area (Å²) in [6.45, 7) is 2.63. The molecule has 2 rings (SSSR count). The maximum atomic E-state index is 13.7. The van der Waals surface area contributed by atoms with Gasteiger partial charge in [-0.2, -0.15) is 0 Å². The minimum Gasteiger partial charge on any atom is -0.496 e. The average Bonchev–Trinajstić information content (AvgIpc) is 2.87. The zero-order valence-corrected chi connectivity index (χ0v) is 21.7. The molecule has 34 heavy (non-hydrogen) atoms. The summed E-state index contributed by atoms with van der Waals surface area (Å²) in [5, 5.41) is 0. The topological polar surface area (TPSA) is 61.8 Å². The van der Waals surface area contributed by atoms with Gasteiger partial charge in [-0.3, -0.25) is 9.59 Å². The number of ether oxygens (including phenoxy) is 3. The summed E-state index contributed by atoms with van der Waals surface area (Å²) >= 11 is 0. The van der Waals surface area contributed by atoms with Crippen molar-refractivity contribution in [3.63, 3.8) is 0 Å². The van der Waals surface area contributed by atoms with Crippen LogP contribution in [0.25, 0.3) is 0 Å². The standard InChI is InChI=1S/C29H46O5/c1-4-5-6-7-8-9-10-11-12-16-22-34-29(31)26(23-18-14-13-15-19-23)28(30)27-24(32-2)20-17-21-25(27)33-3/h17,20-21,23,26H,4-16,18-19,22H2,1-3H3. The molecule has 0 heterocycles. The van der Waals surface area contributed by atoms with Crippen molar-refractivity contribution in [1.29, 1.82) is 0 Å². The second kappa shape index (κ2) is 16.6. The molecule has 1 aliphatic rings. The van der Waals surface area contributed by atoms with Gasteiger partial charge in [0.25, 0.3) is 0 Å². The van der Waals surface area contributed by atoms with Crippen LogP contribution in [-0.2, 0) is 9.53 Å². The highest BCUT2D eigenvalue weighted by molar-refractivity contribution is 6.11. The lowest BCUT2D eigenvalue weighted by Gasteiger charge is -2.28. The number of methoxy groups -OCH3 is 2. The molecule has 5 heteroatoms. The van der Waals surface area contributed by atoms with Gasteiger partial charge in [-0.05, 0) is 37.3 Å². The van der Waals surface area contributed by atoms with E-state index in [1.807, 2.05) is 0 Å². The fraction of sp³-hybridized carbons (Fsp3) is 0.724. The minimum absolute atomic E-state index is 0.0103. The largest absolute Gasteiger partial charge is 0.496 e. The van der Waals surface area contributed by atoms with Gasteiger partial charge in [0.2, 0.25) is 0 Å². The van der Waals surface area contributed by atoms with Crippen molar-refractivity contribution < 1.29 is 23.8 Å². The van der Waals surface area contributed by atoms with E-state index in [-0.39, 0.29) is 17.7 Å². The number of carbonyl (C=O) groups excluding carboxylic acids is 2. The second-order valence-electron chi connectivity index (χ2n) is 9.63. The van der Waals surface area contributed by atoms with Crippen LogP contribution in [0.2, 0.25) is 0 Å². The third kappa shape index (κ3) is 8.96. The number of Topliss-reactive ketones (excluding diaryl/α,β-unsaturated/α-hetero) is 1. The van der Waals surface area contributed by atoms with E-state index >= 15 is 0 Å². The number of carbonyl (C=O) groups is 2. The zero-order chi connectivity index (χ0) is 24.6. The molecule has 1 saturated carbocycles. The molecular weight excluding hydrogens is 428 g/mol. The number of unbranched alkanes of at least 4 members (excludes halogenated alkanes) is 9. The first-order chi connectivity index (χ1) is 16.6. The zero-order valence-electron chi connectivity index (χ0n) is 21.7. The van der Waals surface area contributed by atoms with Gasteiger partial charge in [0.15, 0.2) is 5.78 Å². The van der Waals surface area contributed by atoms with Crippen molar-refractivity contribution in [3.8, 4) is 11.5 Å². The Kier molecular flexibility index (Phi) is 13.7. The summed E-state index contributed by atoms with van der Waals surface area (Å²) in [6, 6.07) is 5.26. The minimum atomic E-state index is -0.798. The lowest BCUT2D eigenvalue weighted by atomic mass is 9.76. The molecule has 0 radical (unpaired) electrons. The lowest BCUT2D eigenvalue weighted by Crippen LogP contribution is -2.35. The van der Waals surface area contributed by atoms with Crippen LogP contribution in [0.1, 0.15) is 114 Å². The van der Waals surface area contributed by atoms with Gasteiger partial charge in [0, 0.05) is 0 Å². The van der Waals surface area contributed by atoms with E-state index in [9.17, 15) is 9.59 Å². The van der Waals surface area contributed by atoms with Crippen LogP contribution in [0, 0.1) is 11.8 Å². The Morgan fingerprint density at radius 3 is 1.88 bits per heavy atom. The summed E-state index contributed by atoms with van der Waals surface area (Å²) in [6.07, 6.45) is 17.3. The second-order valence-corrected chi connectivity index (χ2v) is 9.63. The van der Waals surface area contributed by atoms with Gasteiger partial charge in [0.1, 0.15) is 23.0 Å². The quantitative estimate of drug-likeness (QED) is 0.101. The van der Waals surface area contributed by atoms with E-state index in [0.29, 0.717) is 23.7 Å². The van der Waals surface area contributed by atoms with Crippen molar-refractivity contribution in [2.45, 2.75) is 103 Å².